The van der Waals surface area contributed by atoms with Gasteiger partial charge in [0, 0.05) is 37.1 Å². The highest BCUT2D eigenvalue weighted by atomic mass is 19.4. The molecule has 2 aromatic rings. The van der Waals surface area contributed by atoms with Gasteiger partial charge in [0.25, 0.3) is 0 Å². The number of aromatic nitrogens is 1. The van der Waals surface area contributed by atoms with Crippen molar-refractivity contribution in [2.75, 3.05) is 46.1 Å². The zero-order chi connectivity index (χ0) is 20.3. The lowest BCUT2D eigenvalue weighted by atomic mass is 10.0. The van der Waals surface area contributed by atoms with E-state index in [9.17, 15) is 13.2 Å². The third-order valence-electron chi connectivity index (χ3n) is 5.55. The third kappa shape index (κ3) is 5.43. The van der Waals surface area contributed by atoms with Crippen molar-refractivity contribution in [2.24, 2.45) is 5.92 Å². The molecule has 3 heterocycles. The number of hydrogen-bond donors (Lipinski definition) is 0. The van der Waals surface area contributed by atoms with E-state index in [2.05, 4.69) is 4.90 Å². The zero-order valence-electron chi connectivity index (χ0n) is 16.4. The molecular formula is C21H27F3N2O3. The number of nitrogens with zero attached hydrogens (tertiary/aromatic N) is 2. The van der Waals surface area contributed by atoms with Gasteiger partial charge in [0.15, 0.2) is 0 Å². The van der Waals surface area contributed by atoms with Crippen LogP contribution in [0.2, 0.25) is 0 Å². The highest BCUT2D eigenvalue weighted by molar-refractivity contribution is 5.86. The van der Waals surface area contributed by atoms with Crippen LogP contribution in [0.3, 0.4) is 0 Å². The number of rotatable bonds is 5. The Morgan fingerprint density at radius 3 is 2.45 bits per heavy atom. The Kier molecular flexibility index (Phi) is 6.32. The normalized spacial score (nSPS) is 20.8. The summed E-state index contributed by atoms with van der Waals surface area (Å²) in [5.41, 5.74) is 0.547. The van der Waals surface area contributed by atoms with E-state index in [-0.39, 0.29) is 6.10 Å². The predicted octanol–water partition coefficient (Wildman–Crippen LogP) is 3.71. The van der Waals surface area contributed by atoms with E-state index in [0.29, 0.717) is 30.4 Å². The first-order chi connectivity index (χ1) is 14.0. The number of halogens is 3. The Morgan fingerprint density at radius 1 is 1.03 bits per heavy atom. The largest absolute Gasteiger partial charge is 0.490 e. The topological polar surface area (TPSA) is 35.9 Å². The Labute approximate surface area is 168 Å². The monoisotopic (exact) mass is 412 g/mol. The summed E-state index contributed by atoms with van der Waals surface area (Å²) in [6.07, 6.45) is -0.903. The molecule has 8 heteroatoms. The third-order valence-corrected chi connectivity index (χ3v) is 5.55. The SMILES string of the molecule is FC(F)(F)Cn1ccc2c(OC3CCN(CC4COCCOC4)CC3)cccc21. The number of fused-ring (bicyclic) bond motifs is 1. The number of benzene rings is 1. The van der Waals surface area contributed by atoms with Crippen LogP contribution in [-0.2, 0) is 16.0 Å². The first-order valence-corrected chi connectivity index (χ1v) is 10.2. The van der Waals surface area contributed by atoms with Crippen LogP contribution in [0.1, 0.15) is 12.8 Å². The van der Waals surface area contributed by atoms with E-state index in [1.807, 2.05) is 6.07 Å². The molecule has 0 atom stereocenters. The van der Waals surface area contributed by atoms with Gasteiger partial charge in [-0.3, -0.25) is 0 Å². The standard InChI is InChI=1S/C21H27F3N2O3/c22-21(23,24)15-26-9-6-18-19(26)2-1-3-20(18)29-17-4-7-25(8-5-17)12-16-13-27-10-11-28-14-16/h1-3,6,9,16-17H,4-5,7-8,10-15H2. The van der Waals surface area contributed by atoms with Crippen molar-refractivity contribution < 1.29 is 27.4 Å². The zero-order valence-corrected chi connectivity index (χ0v) is 16.4. The van der Waals surface area contributed by atoms with Crippen LogP contribution >= 0.6 is 0 Å². The number of piperidine rings is 1. The van der Waals surface area contributed by atoms with E-state index in [0.717, 1.165) is 51.1 Å². The quantitative estimate of drug-likeness (QED) is 0.750. The van der Waals surface area contributed by atoms with Crippen LogP contribution in [0.25, 0.3) is 10.9 Å². The molecule has 29 heavy (non-hydrogen) atoms. The number of ether oxygens (including phenoxy) is 3. The van der Waals surface area contributed by atoms with Crippen LogP contribution in [0, 0.1) is 5.92 Å². The fourth-order valence-electron chi connectivity index (χ4n) is 4.15. The van der Waals surface area contributed by atoms with Crippen LogP contribution in [-0.4, -0.2) is 67.8 Å². The summed E-state index contributed by atoms with van der Waals surface area (Å²) in [6.45, 7) is 4.67. The maximum atomic E-state index is 12.8. The predicted molar refractivity (Wildman–Crippen MR) is 103 cm³/mol. The fourth-order valence-corrected chi connectivity index (χ4v) is 4.15. The molecule has 4 rings (SSSR count). The summed E-state index contributed by atoms with van der Waals surface area (Å²) in [6, 6.07) is 7.00. The number of alkyl halides is 3. The second-order valence-electron chi connectivity index (χ2n) is 7.88. The molecule has 160 valence electrons. The molecule has 5 nitrogen and oxygen atoms in total. The Morgan fingerprint density at radius 2 is 1.76 bits per heavy atom. The van der Waals surface area contributed by atoms with Gasteiger partial charge in [0.05, 0.1) is 31.9 Å². The van der Waals surface area contributed by atoms with Crippen molar-refractivity contribution in [1.29, 1.82) is 0 Å². The average molecular weight is 412 g/mol. The van der Waals surface area contributed by atoms with Gasteiger partial charge >= 0.3 is 6.18 Å². The maximum Gasteiger partial charge on any atom is 0.406 e. The molecule has 0 bridgehead atoms. The van der Waals surface area contributed by atoms with Crippen molar-refractivity contribution in [3.05, 3.63) is 30.5 Å². The first-order valence-electron chi connectivity index (χ1n) is 10.2. The first kappa shape index (κ1) is 20.5. The van der Waals surface area contributed by atoms with Gasteiger partial charge in [-0.2, -0.15) is 13.2 Å². The summed E-state index contributed by atoms with van der Waals surface area (Å²) in [5.74, 6) is 1.06. The second kappa shape index (κ2) is 8.93. The van der Waals surface area contributed by atoms with E-state index in [4.69, 9.17) is 14.2 Å². The van der Waals surface area contributed by atoms with Crippen LogP contribution in [0.15, 0.2) is 30.5 Å². The molecule has 2 saturated heterocycles. The Hall–Kier alpha value is -1.77. The van der Waals surface area contributed by atoms with Crippen molar-refractivity contribution in [3.8, 4) is 5.75 Å². The van der Waals surface area contributed by atoms with Crippen molar-refractivity contribution >= 4 is 10.9 Å². The van der Waals surface area contributed by atoms with Crippen LogP contribution in [0.5, 0.6) is 5.75 Å². The van der Waals surface area contributed by atoms with Crippen molar-refractivity contribution in [1.82, 2.24) is 9.47 Å². The fraction of sp³-hybridized carbons (Fsp3) is 0.619. The molecule has 1 aromatic heterocycles. The van der Waals surface area contributed by atoms with E-state index < -0.39 is 12.7 Å². The van der Waals surface area contributed by atoms with Crippen LogP contribution < -0.4 is 4.74 Å². The van der Waals surface area contributed by atoms with Crippen LogP contribution in [0.4, 0.5) is 13.2 Å². The van der Waals surface area contributed by atoms with E-state index >= 15 is 0 Å². The molecule has 0 spiro atoms. The van der Waals surface area contributed by atoms with Gasteiger partial charge in [-0.05, 0) is 31.0 Å². The molecule has 2 aliphatic rings. The molecule has 2 fully saturated rings. The highest BCUT2D eigenvalue weighted by Gasteiger charge is 2.29. The van der Waals surface area contributed by atoms with Gasteiger partial charge in [0.1, 0.15) is 18.4 Å². The van der Waals surface area contributed by atoms with Gasteiger partial charge in [-0.1, -0.05) is 6.07 Å². The van der Waals surface area contributed by atoms with Crippen molar-refractivity contribution in [3.63, 3.8) is 0 Å². The number of likely N-dealkylation sites (tertiary alicyclic amines) is 1. The second-order valence-corrected chi connectivity index (χ2v) is 7.88. The molecule has 0 amide bonds. The molecular weight excluding hydrogens is 385 g/mol. The maximum absolute atomic E-state index is 12.8. The molecule has 0 unspecified atom stereocenters. The number of hydrogen-bond acceptors (Lipinski definition) is 4. The molecule has 2 aliphatic heterocycles. The van der Waals surface area contributed by atoms with E-state index in [1.165, 1.54) is 10.8 Å². The minimum Gasteiger partial charge on any atom is -0.490 e. The lowest BCUT2D eigenvalue weighted by Gasteiger charge is -2.34. The highest BCUT2D eigenvalue weighted by Crippen LogP contribution is 2.31. The summed E-state index contributed by atoms with van der Waals surface area (Å²) >= 11 is 0. The van der Waals surface area contributed by atoms with Gasteiger partial charge in [0.2, 0.25) is 0 Å². The summed E-state index contributed by atoms with van der Waals surface area (Å²) < 4.78 is 56.9. The van der Waals surface area contributed by atoms with Gasteiger partial charge in [-0.25, -0.2) is 0 Å². The average Bonchev–Trinajstić information content (AvgIpc) is 2.91. The van der Waals surface area contributed by atoms with Gasteiger partial charge in [-0.15, -0.1) is 0 Å². The molecule has 0 saturated carbocycles. The molecule has 0 N–H and O–H groups in total. The summed E-state index contributed by atoms with van der Waals surface area (Å²) in [4.78, 5) is 2.42. The Bertz CT molecular complexity index is 792. The molecule has 0 aliphatic carbocycles. The molecule has 0 radical (unpaired) electrons. The molecule has 1 aromatic carbocycles. The minimum atomic E-state index is -4.25. The lowest BCUT2D eigenvalue weighted by Crippen LogP contribution is -2.42. The minimum absolute atomic E-state index is 0.0736. The lowest BCUT2D eigenvalue weighted by molar-refractivity contribution is -0.139. The van der Waals surface area contributed by atoms with E-state index in [1.54, 1.807) is 18.2 Å². The Balaban J connectivity index is 1.34. The van der Waals surface area contributed by atoms with Gasteiger partial charge < -0.3 is 23.7 Å². The van der Waals surface area contributed by atoms with Crippen molar-refractivity contribution in [2.45, 2.75) is 31.7 Å². The smallest absolute Gasteiger partial charge is 0.406 e. The summed E-state index contributed by atoms with van der Waals surface area (Å²) in [5, 5.41) is 0.729. The summed E-state index contributed by atoms with van der Waals surface area (Å²) in [7, 11) is 0.